The van der Waals surface area contributed by atoms with Crippen LogP contribution in [0.1, 0.15) is 90.4 Å². The number of piperidine rings is 4. The summed E-state index contributed by atoms with van der Waals surface area (Å²) < 4.78 is 0. The van der Waals surface area contributed by atoms with Crippen LogP contribution >= 0.6 is 0 Å². The first-order chi connectivity index (χ1) is 14.2. The van der Waals surface area contributed by atoms with E-state index < -0.39 is 0 Å². The molecule has 164 valence electrons. The van der Waals surface area contributed by atoms with Crippen molar-refractivity contribution in [3.8, 4) is 0 Å². The van der Waals surface area contributed by atoms with Crippen LogP contribution in [0.5, 0.6) is 0 Å². The van der Waals surface area contributed by atoms with E-state index in [0.717, 1.165) is 48.0 Å². The minimum Gasteiger partial charge on any atom is -0.300 e. The lowest BCUT2D eigenvalue weighted by atomic mass is 9.69. The lowest BCUT2D eigenvalue weighted by Crippen LogP contribution is -2.64. The first kappa shape index (κ1) is 19.6. The third kappa shape index (κ3) is 3.72. The summed E-state index contributed by atoms with van der Waals surface area (Å²) in [7, 11) is 0. The second kappa shape index (κ2) is 8.10. The standard InChI is InChI=1S/C26H45N3/c1-19-7-8-23-16-25(29(23)18-19)15-21-5-4-11-28-24(17-26(21)28)14-20-9-12-27-10-3-2-6-22(27)13-20/h19-26H,2-18H2,1H3. The minimum absolute atomic E-state index is 0.945. The van der Waals surface area contributed by atoms with Crippen molar-refractivity contribution in [3.05, 3.63) is 0 Å². The van der Waals surface area contributed by atoms with Crippen molar-refractivity contribution >= 4 is 0 Å². The molecule has 6 aliphatic rings. The molecule has 0 aliphatic carbocycles. The first-order valence-electron chi connectivity index (χ1n) is 13.5. The van der Waals surface area contributed by atoms with Gasteiger partial charge in [0.15, 0.2) is 0 Å². The molecule has 8 unspecified atom stereocenters. The normalized spacial score (nSPS) is 48.7. The van der Waals surface area contributed by atoms with Crippen LogP contribution in [0.4, 0.5) is 0 Å². The van der Waals surface area contributed by atoms with Crippen LogP contribution < -0.4 is 0 Å². The fourth-order valence-corrected chi connectivity index (χ4v) is 8.64. The Morgan fingerprint density at radius 3 is 2.59 bits per heavy atom. The number of hydrogen-bond donors (Lipinski definition) is 0. The Morgan fingerprint density at radius 2 is 1.62 bits per heavy atom. The summed E-state index contributed by atoms with van der Waals surface area (Å²) in [6.45, 7) is 8.10. The third-order valence-corrected chi connectivity index (χ3v) is 10.3. The maximum Gasteiger partial charge on any atom is 0.0142 e. The van der Waals surface area contributed by atoms with Gasteiger partial charge in [0.2, 0.25) is 0 Å². The molecular weight excluding hydrogens is 354 g/mol. The van der Waals surface area contributed by atoms with Crippen LogP contribution in [0.15, 0.2) is 0 Å². The van der Waals surface area contributed by atoms with Crippen LogP contribution in [-0.4, -0.2) is 71.1 Å². The lowest BCUT2D eigenvalue weighted by molar-refractivity contribution is -0.0915. The van der Waals surface area contributed by atoms with E-state index in [4.69, 9.17) is 0 Å². The van der Waals surface area contributed by atoms with Gasteiger partial charge in [-0.25, -0.2) is 0 Å². The van der Waals surface area contributed by atoms with E-state index >= 15 is 0 Å². The van der Waals surface area contributed by atoms with Crippen molar-refractivity contribution in [1.82, 2.24) is 14.7 Å². The summed E-state index contributed by atoms with van der Waals surface area (Å²) in [5.74, 6) is 2.99. The molecule has 0 saturated carbocycles. The van der Waals surface area contributed by atoms with Crippen LogP contribution in [-0.2, 0) is 0 Å². The van der Waals surface area contributed by atoms with Gasteiger partial charge in [0, 0.05) is 36.8 Å². The SMILES string of the molecule is CC1CCC2CC(CC3CCCN4C(CC5CCN6CCCCC6C5)CC34)N2C1. The van der Waals surface area contributed by atoms with Crippen molar-refractivity contribution in [3.63, 3.8) is 0 Å². The Labute approximate surface area is 179 Å². The lowest BCUT2D eigenvalue weighted by Gasteiger charge is -2.59. The number of fused-ring (bicyclic) bond motifs is 3. The van der Waals surface area contributed by atoms with E-state index in [1.54, 1.807) is 6.42 Å². The van der Waals surface area contributed by atoms with E-state index in [1.165, 1.54) is 103 Å². The Hall–Kier alpha value is -0.120. The molecule has 6 aliphatic heterocycles. The Balaban J connectivity index is 1.00. The molecule has 6 saturated heterocycles. The van der Waals surface area contributed by atoms with Gasteiger partial charge in [-0.3, -0.25) is 9.80 Å². The van der Waals surface area contributed by atoms with Gasteiger partial charge in [-0.1, -0.05) is 13.3 Å². The molecule has 6 fully saturated rings. The van der Waals surface area contributed by atoms with Crippen molar-refractivity contribution < 1.29 is 0 Å². The van der Waals surface area contributed by atoms with E-state index in [0.29, 0.717) is 0 Å². The van der Waals surface area contributed by atoms with Crippen LogP contribution in [0, 0.1) is 17.8 Å². The molecule has 0 aromatic rings. The van der Waals surface area contributed by atoms with Crippen LogP contribution in [0.2, 0.25) is 0 Å². The van der Waals surface area contributed by atoms with Crippen LogP contribution in [0.25, 0.3) is 0 Å². The maximum atomic E-state index is 3.00. The molecule has 3 nitrogen and oxygen atoms in total. The monoisotopic (exact) mass is 399 g/mol. The second-order valence-electron chi connectivity index (χ2n) is 12.1. The summed E-state index contributed by atoms with van der Waals surface area (Å²) in [5, 5.41) is 0. The van der Waals surface area contributed by atoms with E-state index in [1.807, 2.05) is 0 Å². The largest absolute Gasteiger partial charge is 0.300 e. The zero-order chi connectivity index (χ0) is 19.4. The summed E-state index contributed by atoms with van der Waals surface area (Å²) in [6, 6.07) is 4.78. The Bertz CT molecular complexity index is 578. The molecule has 0 bridgehead atoms. The molecule has 0 aromatic carbocycles. The molecular formula is C26H45N3. The van der Waals surface area contributed by atoms with Gasteiger partial charge in [0.05, 0.1) is 0 Å². The highest BCUT2D eigenvalue weighted by molar-refractivity contribution is 5.04. The predicted molar refractivity (Wildman–Crippen MR) is 120 cm³/mol. The highest BCUT2D eigenvalue weighted by atomic mass is 15.3. The van der Waals surface area contributed by atoms with E-state index in [9.17, 15) is 0 Å². The summed E-state index contributed by atoms with van der Waals surface area (Å²) in [5.41, 5.74) is 0. The van der Waals surface area contributed by atoms with Gasteiger partial charge in [-0.2, -0.15) is 0 Å². The third-order valence-electron chi connectivity index (χ3n) is 10.3. The van der Waals surface area contributed by atoms with Crippen molar-refractivity contribution in [1.29, 1.82) is 0 Å². The topological polar surface area (TPSA) is 9.72 Å². The molecule has 3 heteroatoms. The van der Waals surface area contributed by atoms with E-state index in [-0.39, 0.29) is 0 Å². The van der Waals surface area contributed by atoms with Crippen molar-refractivity contribution in [2.75, 3.05) is 26.2 Å². The molecule has 0 radical (unpaired) electrons. The van der Waals surface area contributed by atoms with Gasteiger partial charge in [0.1, 0.15) is 0 Å². The molecule has 8 atom stereocenters. The molecule has 0 aromatic heterocycles. The van der Waals surface area contributed by atoms with Crippen LogP contribution in [0.3, 0.4) is 0 Å². The smallest absolute Gasteiger partial charge is 0.0142 e. The number of hydrogen-bond acceptors (Lipinski definition) is 3. The van der Waals surface area contributed by atoms with Crippen molar-refractivity contribution in [2.24, 2.45) is 17.8 Å². The van der Waals surface area contributed by atoms with Gasteiger partial charge >= 0.3 is 0 Å². The van der Waals surface area contributed by atoms with Gasteiger partial charge in [-0.15, -0.1) is 0 Å². The minimum atomic E-state index is 0.945. The molecule has 6 rings (SSSR count). The van der Waals surface area contributed by atoms with Gasteiger partial charge in [-0.05, 0) is 114 Å². The first-order valence-corrected chi connectivity index (χ1v) is 13.5. The molecule has 29 heavy (non-hydrogen) atoms. The second-order valence-corrected chi connectivity index (χ2v) is 12.1. The fraction of sp³-hybridized carbons (Fsp3) is 1.00. The Kier molecular flexibility index (Phi) is 5.46. The maximum absolute atomic E-state index is 3.00. The molecule has 0 amide bonds. The molecule has 0 spiro atoms. The zero-order valence-corrected chi connectivity index (χ0v) is 19.0. The highest BCUT2D eigenvalue weighted by Crippen LogP contribution is 2.46. The van der Waals surface area contributed by atoms with E-state index in [2.05, 4.69) is 21.6 Å². The summed E-state index contributed by atoms with van der Waals surface area (Å²) in [6.07, 6.45) is 19.6. The van der Waals surface area contributed by atoms with Gasteiger partial charge in [0.25, 0.3) is 0 Å². The quantitative estimate of drug-likeness (QED) is 0.675. The number of nitrogens with zero attached hydrogens (tertiary/aromatic N) is 3. The molecule has 0 N–H and O–H groups in total. The average Bonchev–Trinajstić information content (AvgIpc) is 2.72. The zero-order valence-electron chi connectivity index (χ0n) is 19.0. The summed E-state index contributed by atoms with van der Waals surface area (Å²) in [4.78, 5) is 8.74. The van der Waals surface area contributed by atoms with Gasteiger partial charge < -0.3 is 4.90 Å². The Morgan fingerprint density at radius 1 is 0.690 bits per heavy atom. The molecule has 6 heterocycles. The predicted octanol–water partition coefficient (Wildman–Crippen LogP) is 4.76. The summed E-state index contributed by atoms with van der Waals surface area (Å²) >= 11 is 0. The van der Waals surface area contributed by atoms with Crippen molar-refractivity contribution in [2.45, 2.75) is 121 Å². The number of rotatable bonds is 4. The highest BCUT2D eigenvalue weighted by Gasteiger charge is 2.49. The average molecular weight is 400 g/mol. The fourth-order valence-electron chi connectivity index (χ4n) is 8.64.